The molecule has 0 spiro atoms. The number of likely N-dealkylation sites (tertiary alicyclic amines) is 1. The summed E-state index contributed by atoms with van der Waals surface area (Å²) in [6.45, 7) is 2.97. The zero-order valence-electron chi connectivity index (χ0n) is 14.5. The van der Waals surface area contributed by atoms with E-state index < -0.39 is 0 Å². The molecule has 0 aromatic heterocycles. The Kier molecular flexibility index (Phi) is 6.41. The Balaban J connectivity index is 1.45. The Morgan fingerprint density at radius 1 is 1.08 bits per heavy atom. The topological polar surface area (TPSA) is 29.5 Å². The summed E-state index contributed by atoms with van der Waals surface area (Å²) in [5.74, 6) is 0.517. The molecule has 3 nitrogen and oxygen atoms in total. The molecule has 0 radical (unpaired) electrons. The van der Waals surface area contributed by atoms with Crippen molar-refractivity contribution in [1.82, 2.24) is 4.90 Å². The predicted octanol–water partition coefficient (Wildman–Crippen LogP) is 4.16. The largest absolute Gasteiger partial charge is 0.376 e. The van der Waals surface area contributed by atoms with Crippen LogP contribution in [0.3, 0.4) is 0 Å². The van der Waals surface area contributed by atoms with Crippen molar-refractivity contribution in [2.24, 2.45) is 5.92 Å². The second-order valence-electron chi connectivity index (χ2n) is 6.54. The molecule has 1 aliphatic heterocycles. The van der Waals surface area contributed by atoms with Crippen LogP contribution in [0.15, 0.2) is 66.7 Å². The molecule has 2 aromatic carbocycles. The third-order valence-corrected chi connectivity index (χ3v) is 4.51. The predicted molar refractivity (Wildman–Crippen MR) is 101 cm³/mol. The van der Waals surface area contributed by atoms with Gasteiger partial charge in [-0.05, 0) is 36.0 Å². The smallest absolute Gasteiger partial charge is 0.246 e. The second kappa shape index (κ2) is 9.19. The Labute approximate surface area is 149 Å². The van der Waals surface area contributed by atoms with Gasteiger partial charge in [0.1, 0.15) is 0 Å². The summed E-state index contributed by atoms with van der Waals surface area (Å²) in [6, 6.07) is 20.1. The number of hydrogen-bond acceptors (Lipinski definition) is 2. The standard InChI is InChI=1S/C22H25NO2/c24-22(14-13-19-8-3-1-4-9-19)23-15-7-12-21(16-23)18-25-17-20-10-5-2-6-11-20/h1-6,8-11,13-14,21H,7,12,15-18H2/b14-13+. The molecule has 3 rings (SSSR count). The quantitative estimate of drug-likeness (QED) is 0.742. The average Bonchev–Trinajstić information content (AvgIpc) is 2.68. The minimum atomic E-state index is 0.0941. The van der Waals surface area contributed by atoms with Crippen molar-refractivity contribution >= 4 is 12.0 Å². The third-order valence-electron chi connectivity index (χ3n) is 4.51. The highest BCUT2D eigenvalue weighted by molar-refractivity contribution is 5.91. The van der Waals surface area contributed by atoms with E-state index in [1.54, 1.807) is 6.08 Å². The Morgan fingerprint density at radius 2 is 1.80 bits per heavy atom. The van der Waals surface area contributed by atoms with Crippen LogP contribution >= 0.6 is 0 Å². The number of piperidine rings is 1. The molecule has 1 atom stereocenters. The molecule has 0 saturated carbocycles. The average molecular weight is 335 g/mol. The lowest BCUT2D eigenvalue weighted by Crippen LogP contribution is -2.40. The maximum Gasteiger partial charge on any atom is 0.246 e. The molecule has 1 heterocycles. The van der Waals surface area contributed by atoms with Crippen molar-refractivity contribution in [3.63, 3.8) is 0 Å². The minimum absolute atomic E-state index is 0.0941. The number of ether oxygens (including phenoxy) is 1. The lowest BCUT2D eigenvalue weighted by molar-refractivity contribution is -0.128. The van der Waals surface area contributed by atoms with Gasteiger partial charge < -0.3 is 9.64 Å². The maximum atomic E-state index is 12.4. The molecule has 1 amide bonds. The van der Waals surface area contributed by atoms with Crippen LogP contribution in [-0.2, 0) is 16.1 Å². The summed E-state index contributed by atoms with van der Waals surface area (Å²) < 4.78 is 5.86. The summed E-state index contributed by atoms with van der Waals surface area (Å²) in [7, 11) is 0. The van der Waals surface area contributed by atoms with Crippen molar-refractivity contribution in [3.05, 3.63) is 77.9 Å². The first-order valence-corrected chi connectivity index (χ1v) is 8.95. The molecule has 3 heteroatoms. The highest BCUT2D eigenvalue weighted by atomic mass is 16.5. The molecular formula is C22H25NO2. The summed E-state index contributed by atoms with van der Waals surface area (Å²) in [5.41, 5.74) is 2.24. The second-order valence-corrected chi connectivity index (χ2v) is 6.54. The van der Waals surface area contributed by atoms with Crippen LogP contribution in [-0.4, -0.2) is 30.5 Å². The van der Waals surface area contributed by atoms with Gasteiger partial charge in [-0.15, -0.1) is 0 Å². The van der Waals surface area contributed by atoms with Crippen LogP contribution in [0, 0.1) is 5.92 Å². The number of hydrogen-bond donors (Lipinski definition) is 0. The molecule has 0 N–H and O–H groups in total. The van der Waals surface area contributed by atoms with Gasteiger partial charge in [0.2, 0.25) is 5.91 Å². The summed E-state index contributed by atoms with van der Waals surface area (Å²) in [6.07, 6.45) is 5.74. The summed E-state index contributed by atoms with van der Waals surface area (Å²) >= 11 is 0. The van der Waals surface area contributed by atoms with Crippen LogP contribution in [0.1, 0.15) is 24.0 Å². The van der Waals surface area contributed by atoms with Gasteiger partial charge in [0.15, 0.2) is 0 Å². The van der Waals surface area contributed by atoms with Gasteiger partial charge in [-0.1, -0.05) is 60.7 Å². The normalized spacial score (nSPS) is 17.8. The van der Waals surface area contributed by atoms with E-state index in [4.69, 9.17) is 4.74 Å². The molecule has 25 heavy (non-hydrogen) atoms. The van der Waals surface area contributed by atoms with Crippen molar-refractivity contribution < 1.29 is 9.53 Å². The molecule has 2 aromatic rings. The highest BCUT2D eigenvalue weighted by Crippen LogP contribution is 2.18. The minimum Gasteiger partial charge on any atom is -0.376 e. The fraction of sp³-hybridized carbons (Fsp3) is 0.318. The number of carbonyl (C=O) groups is 1. The van der Waals surface area contributed by atoms with Crippen LogP contribution in [0.5, 0.6) is 0 Å². The summed E-state index contributed by atoms with van der Waals surface area (Å²) in [5, 5.41) is 0. The van der Waals surface area contributed by atoms with E-state index in [1.807, 2.05) is 59.5 Å². The first kappa shape index (κ1) is 17.4. The van der Waals surface area contributed by atoms with Crippen molar-refractivity contribution in [2.45, 2.75) is 19.4 Å². The van der Waals surface area contributed by atoms with Crippen LogP contribution in [0.2, 0.25) is 0 Å². The van der Waals surface area contributed by atoms with E-state index >= 15 is 0 Å². The van der Waals surface area contributed by atoms with Crippen molar-refractivity contribution in [2.75, 3.05) is 19.7 Å². The Morgan fingerprint density at radius 3 is 2.56 bits per heavy atom. The molecule has 1 aliphatic rings. The van der Waals surface area contributed by atoms with Crippen LogP contribution < -0.4 is 0 Å². The molecule has 1 saturated heterocycles. The SMILES string of the molecule is O=C(/C=C/c1ccccc1)N1CCCC(COCc2ccccc2)C1. The van der Waals surface area contributed by atoms with Crippen molar-refractivity contribution in [3.8, 4) is 0 Å². The first-order chi connectivity index (χ1) is 12.3. The summed E-state index contributed by atoms with van der Waals surface area (Å²) in [4.78, 5) is 14.4. The zero-order valence-corrected chi connectivity index (χ0v) is 14.5. The fourth-order valence-corrected chi connectivity index (χ4v) is 3.16. The van der Waals surface area contributed by atoms with Gasteiger partial charge in [-0.2, -0.15) is 0 Å². The molecular weight excluding hydrogens is 310 g/mol. The van der Waals surface area contributed by atoms with Gasteiger partial charge in [0, 0.05) is 19.2 Å². The molecule has 0 aliphatic carbocycles. The van der Waals surface area contributed by atoms with Gasteiger partial charge in [-0.3, -0.25) is 4.79 Å². The van der Waals surface area contributed by atoms with E-state index in [0.717, 1.165) is 31.5 Å². The fourth-order valence-electron chi connectivity index (χ4n) is 3.16. The molecule has 1 unspecified atom stereocenters. The molecule has 0 bridgehead atoms. The third kappa shape index (κ3) is 5.57. The van der Waals surface area contributed by atoms with E-state index in [0.29, 0.717) is 19.1 Å². The zero-order chi connectivity index (χ0) is 17.3. The number of carbonyl (C=O) groups excluding carboxylic acids is 1. The van der Waals surface area contributed by atoms with E-state index in [1.165, 1.54) is 5.56 Å². The number of amides is 1. The van der Waals surface area contributed by atoms with Crippen molar-refractivity contribution in [1.29, 1.82) is 0 Å². The highest BCUT2D eigenvalue weighted by Gasteiger charge is 2.22. The van der Waals surface area contributed by atoms with Gasteiger partial charge in [0.05, 0.1) is 13.2 Å². The van der Waals surface area contributed by atoms with Gasteiger partial charge >= 0.3 is 0 Å². The van der Waals surface area contributed by atoms with Gasteiger partial charge in [-0.25, -0.2) is 0 Å². The van der Waals surface area contributed by atoms with E-state index in [2.05, 4.69) is 12.1 Å². The first-order valence-electron chi connectivity index (χ1n) is 8.95. The Hall–Kier alpha value is -2.39. The van der Waals surface area contributed by atoms with Crippen LogP contribution in [0.25, 0.3) is 6.08 Å². The van der Waals surface area contributed by atoms with Gasteiger partial charge in [0.25, 0.3) is 0 Å². The number of benzene rings is 2. The Bertz CT molecular complexity index is 682. The van der Waals surface area contributed by atoms with E-state index in [-0.39, 0.29) is 5.91 Å². The lowest BCUT2D eigenvalue weighted by atomic mass is 9.99. The monoisotopic (exact) mass is 335 g/mol. The van der Waals surface area contributed by atoms with E-state index in [9.17, 15) is 4.79 Å². The molecule has 1 fully saturated rings. The maximum absolute atomic E-state index is 12.4. The lowest BCUT2D eigenvalue weighted by Gasteiger charge is -2.32. The molecule has 130 valence electrons. The van der Waals surface area contributed by atoms with Crippen LogP contribution in [0.4, 0.5) is 0 Å². The number of rotatable bonds is 6. The number of nitrogens with zero attached hydrogens (tertiary/aromatic N) is 1.